The van der Waals surface area contributed by atoms with E-state index in [-0.39, 0.29) is 12.5 Å². The highest BCUT2D eigenvalue weighted by Gasteiger charge is 2.24. The summed E-state index contributed by atoms with van der Waals surface area (Å²) in [6, 6.07) is 13.5. The van der Waals surface area contributed by atoms with E-state index in [2.05, 4.69) is 10.5 Å². The molecule has 1 aliphatic rings. The van der Waals surface area contributed by atoms with Crippen LogP contribution in [0.3, 0.4) is 0 Å². The van der Waals surface area contributed by atoms with Crippen LogP contribution in [0.5, 0.6) is 0 Å². The van der Waals surface area contributed by atoms with Crippen molar-refractivity contribution in [3.05, 3.63) is 59.2 Å². The average molecular weight is 351 g/mol. The van der Waals surface area contributed by atoms with Gasteiger partial charge in [0.25, 0.3) is 11.8 Å². The number of carbonyl (C=O) groups is 2. The smallest absolute Gasteiger partial charge is 0.270 e. The lowest BCUT2D eigenvalue weighted by molar-refractivity contribution is -0.123. The van der Waals surface area contributed by atoms with E-state index >= 15 is 0 Å². The monoisotopic (exact) mass is 351 g/mol. The highest BCUT2D eigenvalue weighted by atomic mass is 16.6. The Morgan fingerprint density at radius 1 is 1.23 bits per heavy atom. The van der Waals surface area contributed by atoms with Crippen molar-refractivity contribution in [2.75, 3.05) is 23.4 Å². The number of hydrogen-bond acceptors (Lipinski definition) is 4. The summed E-state index contributed by atoms with van der Waals surface area (Å²) in [5, 5.41) is 6.33. The minimum absolute atomic E-state index is 0.179. The van der Waals surface area contributed by atoms with Crippen LogP contribution in [0.2, 0.25) is 0 Å². The number of hydrogen-bond donors (Lipinski definition) is 1. The van der Waals surface area contributed by atoms with E-state index < -0.39 is 5.91 Å². The SMILES string of the molecule is Cc1ccc(NC(=O)/C=N\OCC(=O)N2CCc3ccccc32)c(C)c1. The van der Waals surface area contributed by atoms with E-state index in [9.17, 15) is 9.59 Å². The molecule has 2 aromatic carbocycles. The number of carbonyl (C=O) groups excluding carboxylic acids is 2. The molecule has 26 heavy (non-hydrogen) atoms. The Kier molecular flexibility index (Phi) is 5.31. The maximum absolute atomic E-state index is 12.2. The van der Waals surface area contributed by atoms with Gasteiger partial charge in [-0.1, -0.05) is 41.1 Å². The van der Waals surface area contributed by atoms with Gasteiger partial charge in [0, 0.05) is 17.9 Å². The van der Waals surface area contributed by atoms with Gasteiger partial charge in [0.2, 0.25) is 0 Å². The van der Waals surface area contributed by atoms with Gasteiger partial charge in [-0.05, 0) is 43.5 Å². The molecule has 0 saturated heterocycles. The number of nitrogens with zero attached hydrogens (tertiary/aromatic N) is 2. The number of anilines is 2. The Hall–Kier alpha value is -3.15. The number of oxime groups is 1. The van der Waals surface area contributed by atoms with Gasteiger partial charge in [0.05, 0.1) is 0 Å². The minimum Gasteiger partial charge on any atom is -0.385 e. The number of benzene rings is 2. The van der Waals surface area contributed by atoms with E-state index in [1.54, 1.807) is 4.90 Å². The van der Waals surface area contributed by atoms with Crippen LogP contribution in [0.25, 0.3) is 0 Å². The molecule has 2 amide bonds. The standard InChI is InChI=1S/C20H21N3O3/c1-14-7-8-17(15(2)11-14)22-19(24)12-21-26-13-20(25)23-10-9-16-5-3-4-6-18(16)23/h3-8,11-12H,9-10,13H2,1-2H3,(H,22,24)/b21-12-. The molecule has 3 rings (SSSR count). The minimum atomic E-state index is -0.407. The Bertz CT molecular complexity index is 861. The molecule has 0 aliphatic carbocycles. The molecule has 6 nitrogen and oxygen atoms in total. The van der Waals surface area contributed by atoms with Crippen molar-refractivity contribution in [3.8, 4) is 0 Å². The lowest BCUT2D eigenvalue weighted by Gasteiger charge is -2.16. The average Bonchev–Trinajstić information content (AvgIpc) is 3.05. The summed E-state index contributed by atoms with van der Waals surface area (Å²) in [6.07, 6.45) is 1.87. The molecule has 2 aromatic rings. The van der Waals surface area contributed by atoms with Crippen molar-refractivity contribution in [3.63, 3.8) is 0 Å². The summed E-state index contributed by atoms with van der Waals surface area (Å²) >= 11 is 0. The Labute approximate surface area is 152 Å². The van der Waals surface area contributed by atoms with Crippen LogP contribution in [0, 0.1) is 13.8 Å². The largest absolute Gasteiger partial charge is 0.385 e. The van der Waals surface area contributed by atoms with Gasteiger partial charge in [-0.15, -0.1) is 0 Å². The number of amides is 2. The molecule has 1 N–H and O–H groups in total. The second-order valence-electron chi connectivity index (χ2n) is 6.24. The molecule has 0 radical (unpaired) electrons. The van der Waals surface area contributed by atoms with Crippen molar-refractivity contribution in [1.29, 1.82) is 0 Å². The molecule has 0 saturated carbocycles. The third kappa shape index (κ3) is 4.08. The second kappa shape index (κ2) is 7.82. The van der Waals surface area contributed by atoms with Gasteiger partial charge in [0.15, 0.2) is 6.61 Å². The van der Waals surface area contributed by atoms with Gasteiger partial charge >= 0.3 is 0 Å². The first-order valence-electron chi connectivity index (χ1n) is 8.46. The van der Waals surface area contributed by atoms with Gasteiger partial charge in [0.1, 0.15) is 6.21 Å². The maximum Gasteiger partial charge on any atom is 0.270 e. The maximum atomic E-state index is 12.2. The number of rotatable bonds is 5. The molecular formula is C20H21N3O3. The first-order chi connectivity index (χ1) is 12.5. The van der Waals surface area contributed by atoms with Crippen LogP contribution in [0.15, 0.2) is 47.6 Å². The third-order valence-corrected chi connectivity index (χ3v) is 4.26. The van der Waals surface area contributed by atoms with E-state index in [1.807, 2.05) is 56.3 Å². The Balaban J connectivity index is 1.48. The van der Waals surface area contributed by atoms with Crippen LogP contribution in [-0.2, 0) is 20.8 Å². The molecule has 0 aromatic heterocycles. The molecule has 134 valence electrons. The highest BCUT2D eigenvalue weighted by Crippen LogP contribution is 2.27. The summed E-state index contributed by atoms with van der Waals surface area (Å²) in [4.78, 5) is 30.8. The van der Waals surface area contributed by atoms with Gasteiger partial charge in [-0.3, -0.25) is 9.59 Å². The quantitative estimate of drug-likeness (QED) is 0.665. The lowest BCUT2D eigenvalue weighted by atomic mass is 10.1. The predicted octanol–water partition coefficient (Wildman–Crippen LogP) is 2.83. The first kappa shape index (κ1) is 17.7. The molecule has 1 heterocycles. The molecule has 0 unspecified atom stereocenters. The van der Waals surface area contributed by atoms with Crippen molar-refractivity contribution < 1.29 is 14.4 Å². The third-order valence-electron chi connectivity index (χ3n) is 4.26. The second-order valence-corrected chi connectivity index (χ2v) is 6.24. The predicted molar refractivity (Wildman–Crippen MR) is 101 cm³/mol. The molecular weight excluding hydrogens is 330 g/mol. The Morgan fingerprint density at radius 2 is 2.04 bits per heavy atom. The first-order valence-corrected chi connectivity index (χ1v) is 8.46. The van der Waals surface area contributed by atoms with E-state index in [0.717, 1.165) is 40.7 Å². The highest BCUT2D eigenvalue weighted by molar-refractivity contribution is 6.31. The van der Waals surface area contributed by atoms with Gasteiger partial charge in [-0.2, -0.15) is 0 Å². The summed E-state index contributed by atoms with van der Waals surface area (Å²) in [5.74, 6) is -0.585. The van der Waals surface area contributed by atoms with Crippen LogP contribution in [0.1, 0.15) is 16.7 Å². The zero-order valence-electron chi connectivity index (χ0n) is 14.9. The van der Waals surface area contributed by atoms with Crippen molar-refractivity contribution in [2.45, 2.75) is 20.3 Å². The van der Waals surface area contributed by atoms with Crippen molar-refractivity contribution in [1.82, 2.24) is 0 Å². The van der Waals surface area contributed by atoms with Crippen LogP contribution in [-0.4, -0.2) is 31.2 Å². The zero-order chi connectivity index (χ0) is 18.5. The molecule has 0 fully saturated rings. The Morgan fingerprint density at radius 3 is 2.85 bits per heavy atom. The number of aryl methyl sites for hydroxylation is 2. The molecule has 0 bridgehead atoms. The summed E-state index contributed by atoms with van der Waals surface area (Å²) in [7, 11) is 0. The zero-order valence-corrected chi connectivity index (χ0v) is 14.9. The van der Waals surface area contributed by atoms with Crippen LogP contribution < -0.4 is 10.2 Å². The van der Waals surface area contributed by atoms with Crippen LogP contribution in [0.4, 0.5) is 11.4 Å². The van der Waals surface area contributed by atoms with E-state index in [1.165, 1.54) is 0 Å². The van der Waals surface area contributed by atoms with Gasteiger partial charge in [-0.25, -0.2) is 0 Å². The fourth-order valence-corrected chi connectivity index (χ4v) is 2.97. The topological polar surface area (TPSA) is 71.0 Å². The molecule has 1 aliphatic heterocycles. The normalized spacial score (nSPS) is 12.9. The van der Waals surface area contributed by atoms with Gasteiger partial charge < -0.3 is 15.1 Å². The van der Waals surface area contributed by atoms with Crippen molar-refractivity contribution >= 4 is 29.4 Å². The summed E-state index contributed by atoms with van der Waals surface area (Å²) in [5.41, 5.74) is 4.88. The van der Waals surface area contributed by atoms with Crippen LogP contribution >= 0.6 is 0 Å². The fourth-order valence-electron chi connectivity index (χ4n) is 2.97. The number of fused-ring (bicyclic) bond motifs is 1. The molecule has 0 spiro atoms. The molecule has 0 atom stereocenters. The fraction of sp³-hybridized carbons (Fsp3) is 0.250. The van der Waals surface area contributed by atoms with E-state index in [4.69, 9.17) is 4.84 Å². The number of para-hydroxylation sites is 1. The van der Waals surface area contributed by atoms with Crippen molar-refractivity contribution in [2.24, 2.45) is 5.16 Å². The number of nitrogens with one attached hydrogen (secondary N) is 1. The summed E-state index contributed by atoms with van der Waals surface area (Å²) < 4.78 is 0. The summed E-state index contributed by atoms with van der Waals surface area (Å²) in [6.45, 7) is 4.34. The van der Waals surface area contributed by atoms with E-state index in [0.29, 0.717) is 6.54 Å². The molecule has 6 heteroatoms. The lowest BCUT2D eigenvalue weighted by Crippen LogP contribution is -2.31.